The number of benzene rings is 1. The summed E-state index contributed by atoms with van der Waals surface area (Å²) >= 11 is 1.36. The molecule has 6 heteroatoms. The predicted octanol–water partition coefficient (Wildman–Crippen LogP) is 1.20. The van der Waals surface area contributed by atoms with Gasteiger partial charge in [-0.3, -0.25) is 9.59 Å². The Bertz CT molecular complexity index is 516. The van der Waals surface area contributed by atoms with E-state index in [0.717, 1.165) is 5.56 Å². The second-order valence-corrected chi connectivity index (χ2v) is 6.24. The van der Waals surface area contributed by atoms with Crippen LogP contribution in [-0.2, 0) is 20.9 Å². The van der Waals surface area contributed by atoms with Gasteiger partial charge in [-0.05, 0) is 12.5 Å². The summed E-state index contributed by atoms with van der Waals surface area (Å²) in [5.74, 6) is 0.695. The molecule has 1 N–H and O–H groups in total. The Morgan fingerprint density at radius 2 is 2.05 bits per heavy atom. The predicted molar refractivity (Wildman–Crippen MR) is 87.7 cm³/mol. The largest absolute Gasteiger partial charge is 0.378 e. The smallest absolute Gasteiger partial charge is 0.232 e. The number of morpholine rings is 1. The Balaban J connectivity index is 1.62. The molecule has 1 aromatic carbocycles. The average Bonchev–Trinajstić information content (AvgIpc) is 2.54. The molecule has 1 saturated heterocycles. The fourth-order valence-corrected chi connectivity index (χ4v) is 2.96. The van der Waals surface area contributed by atoms with Gasteiger partial charge >= 0.3 is 0 Å². The molecule has 1 heterocycles. The molecule has 0 unspecified atom stereocenters. The maximum absolute atomic E-state index is 11.9. The Morgan fingerprint density at radius 1 is 1.27 bits per heavy atom. The molecule has 0 bridgehead atoms. The number of nitrogens with one attached hydrogen (secondary N) is 1. The van der Waals surface area contributed by atoms with Gasteiger partial charge in [0.25, 0.3) is 0 Å². The molecule has 0 atom stereocenters. The Kier molecular flexibility index (Phi) is 6.74. The summed E-state index contributed by atoms with van der Waals surface area (Å²) < 4.78 is 5.21. The summed E-state index contributed by atoms with van der Waals surface area (Å²) in [5.41, 5.74) is 2.26. The van der Waals surface area contributed by atoms with Crippen molar-refractivity contribution in [1.29, 1.82) is 0 Å². The maximum Gasteiger partial charge on any atom is 0.232 e. The maximum atomic E-state index is 11.9. The highest BCUT2D eigenvalue weighted by Gasteiger charge is 2.16. The molecule has 1 aliphatic heterocycles. The number of ether oxygens (including phenoxy) is 1. The number of hydrogen-bond donors (Lipinski definition) is 1. The van der Waals surface area contributed by atoms with Crippen molar-refractivity contribution in [1.82, 2.24) is 10.2 Å². The van der Waals surface area contributed by atoms with Crippen molar-refractivity contribution < 1.29 is 14.3 Å². The second-order valence-electron chi connectivity index (χ2n) is 5.25. The van der Waals surface area contributed by atoms with Crippen LogP contribution in [0.3, 0.4) is 0 Å². The van der Waals surface area contributed by atoms with Crippen molar-refractivity contribution >= 4 is 23.6 Å². The van der Waals surface area contributed by atoms with E-state index in [1.54, 1.807) is 4.90 Å². The van der Waals surface area contributed by atoms with Crippen molar-refractivity contribution in [3.63, 3.8) is 0 Å². The van der Waals surface area contributed by atoms with E-state index in [-0.39, 0.29) is 11.8 Å². The highest BCUT2D eigenvalue weighted by Crippen LogP contribution is 2.06. The van der Waals surface area contributed by atoms with E-state index in [9.17, 15) is 9.59 Å². The third-order valence-electron chi connectivity index (χ3n) is 3.39. The Morgan fingerprint density at radius 3 is 2.77 bits per heavy atom. The molecule has 2 amide bonds. The number of nitrogens with zero attached hydrogens (tertiary/aromatic N) is 1. The zero-order chi connectivity index (χ0) is 15.8. The van der Waals surface area contributed by atoms with Crippen molar-refractivity contribution in [3.8, 4) is 0 Å². The zero-order valence-electron chi connectivity index (χ0n) is 12.8. The minimum Gasteiger partial charge on any atom is -0.378 e. The first-order valence-corrected chi connectivity index (χ1v) is 8.56. The van der Waals surface area contributed by atoms with E-state index in [1.165, 1.54) is 17.3 Å². The number of hydrogen-bond acceptors (Lipinski definition) is 4. The van der Waals surface area contributed by atoms with E-state index in [4.69, 9.17) is 4.74 Å². The molecule has 0 spiro atoms. The third-order valence-corrected chi connectivity index (χ3v) is 4.31. The lowest BCUT2D eigenvalue weighted by Crippen LogP contribution is -2.41. The van der Waals surface area contributed by atoms with Crippen LogP contribution in [0, 0.1) is 6.92 Å². The molecular formula is C16H22N2O3S. The second kappa shape index (κ2) is 8.80. The van der Waals surface area contributed by atoms with Gasteiger partial charge in [-0.2, -0.15) is 0 Å². The van der Waals surface area contributed by atoms with Crippen LogP contribution in [-0.4, -0.2) is 54.5 Å². The van der Waals surface area contributed by atoms with Crippen molar-refractivity contribution in [3.05, 3.63) is 35.4 Å². The molecule has 22 heavy (non-hydrogen) atoms. The molecule has 1 aliphatic rings. The molecule has 1 aromatic rings. The standard InChI is InChI=1S/C16H22N2O3S/c1-13-3-2-4-14(9-13)10-17-15(19)11-22-12-16(20)18-5-7-21-8-6-18/h2-4,9H,5-8,10-12H2,1H3,(H,17,19). The number of rotatable bonds is 6. The molecule has 120 valence electrons. The Hall–Kier alpha value is -1.53. The molecule has 0 aromatic heterocycles. The van der Waals surface area contributed by atoms with E-state index < -0.39 is 0 Å². The van der Waals surface area contributed by atoms with Gasteiger partial charge in [0, 0.05) is 19.6 Å². The van der Waals surface area contributed by atoms with Crippen molar-refractivity contribution in [2.75, 3.05) is 37.8 Å². The number of thioether (sulfide) groups is 1. The lowest BCUT2D eigenvalue weighted by atomic mass is 10.1. The molecule has 2 rings (SSSR count). The molecule has 5 nitrogen and oxygen atoms in total. The van der Waals surface area contributed by atoms with Crippen LogP contribution in [0.5, 0.6) is 0 Å². The van der Waals surface area contributed by atoms with E-state index in [0.29, 0.717) is 44.4 Å². The lowest BCUT2D eigenvalue weighted by Gasteiger charge is -2.26. The first kappa shape index (κ1) is 16.8. The number of amides is 2. The van der Waals surface area contributed by atoms with Crippen molar-refractivity contribution in [2.24, 2.45) is 0 Å². The van der Waals surface area contributed by atoms with Crippen molar-refractivity contribution in [2.45, 2.75) is 13.5 Å². The first-order valence-electron chi connectivity index (χ1n) is 7.40. The molecule has 0 aliphatic carbocycles. The molecule has 0 radical (unpaired) electrons. The fourth-order valence-electron chi connectivity index (χ4n) is 2.21. The summed E-state index contributed by atoms with van der Waals surface area (Å²) in [6, 6.07) is 8.04. The average molecular weight is 322 g/mol. The normalized spacial score (nSPS) is 14.7. The van der Waals surface area contributed by atoms with Crippen LogP contribution in [0.15, 0.2) is 24.3 Å². The van der Waals surface area contributed by atoms with E-state index in [2.05, 4.69) is 11.4 Å². The van der Waals surface area contributed by atoms with Crippen LogP contribution >= 0.6 is 11.8 Å². The Labute approximate surface area is 135 Å². The molecule has 0 saturated carbocycles. The van der Waals surface area contributed by atoms with Gasteiger partial charge in [0.15, 0.2) is 0 Å². The van der Waals surface area contributed by atoms with Crippen LogP contribution in [0.2, 0.25) is 0 Å². The third kappa shape index (κ3) is 5.69. The summed E-state index contributed by atoms with van der Waals surface area (Å²) in [6.07, 6.45) is 0. The summed E-state index contributed by atoms with van der Waals surface area (Å²) in [7, 11) is 0. The lowest BCUT2D eigenvalue weighted by molar-refractivity contribution is -0.132. The number of carbonyl (C=O) groups excluding carboxylic acids is 2. The van der Waals surface area contributed by atoms with Crippen LogP contribution in [0.25, 0.3) is 0 Å². The molecular weight excluding hydrogens is 300 g/mol. The van der Waals surface area contributed by atoms with Gasteiger partial charge in [-0.25, -0.2) is 0 Å². The minimum atomic E-state index is -0.0405. The van der Waals surface area contributed by atoms with Gasteiger partial charge in [0.2, 0.25) is 11.8 Å². The SMILES string of the molecule is Cc1cccc(CNC(=O)CSCC(=O)N2CCOCC2)c1. The highest BCUT2D eigenvalue weighted by atomic mass is 32.2. The van der Waals surface area contributed by atoms with Crippen LogP contribution in [0.4, 0.5) is 0 Å². The van der Waals surface area contributed by atoms with E-state index in [1.807, 2.05) is 25.1 Å². The van der Waals surface area contributed by atoms with Crippen LogP contribution < -0.4 is 5.32 Å². The summed E-state index contributed by atoms with van der Waals surface area (Å²) in [5, 5.41) is 2.87. The number of aryl methyl sites for hydroxylation is 1. The summed E-state index contributed by atoms with van der Waals surface area (Å²) in [6.45, 7) is 5.07. The topological polar surface area (TPSA) is 58.6 Å². The quantitative estimate of drug-likeness (QED) is 0.855. The zero-order valence-corrected chi connectivity index (χ0v) is 13.7. The first-order chi connectivity index (χ1) is 10.6. The van der Waals surface area contributed by atoms with Gasteiger partial charge in [0.05, 0.1) is 24.7 Å². The monoisotopic (exact) mass is 322 g/mol. The minimum absolute atomic E-state index is 0.0405. The van der Waals surface area contributed by atoms with Gasteiger partial charge in [-0.15, -0.1) is 11.8 Å². The molecule has 1 fully saturated rings. The van der Waals surface area contributed by atoms with Gasteiger partial charge < -0.3 is 15.0 Å². The highest BCUT2D eigenvalue weighted by molar-refractivity contribution is 8.00. The fraction of sp³-hybridized carbons (Fsp3) is 0.500. The van der Waals surface area contributed by atoms with Gasteiger partial charge in [-0.1, -0.05) is 29.8 Å². The van der Waals surface area contributed by atoms with E-state index >= 15 is 0 Å². The van der Waals surface area contributed by atoms with Crippen LogP contribution in [0.1, 0.15) is 11.1 Å². The number of carbonyl (C=O) groups is 2. The summed E-state index contributed by atoms with van der Waals surface area (Å²) in [4.78, 5) is 25.5. The van der Waals surface area contributed by atoms with Gasteiger partial charge in [0.1, 0.15) is 0 Å².